The van der Waals surface area contributed by atoms with Gasteiger partial charge in [0.25, 0.3) is 0 Å². The average molecular weight is 166 g/mol. The number of aliphatic hydroxyl groups is 1. The fourth-order valence-electron chi connectivity index (χ4n) is 1.87. The van der Waals surface area contributed by atoms with Crippen LogP contribution in [0.4, 0.5) is 0 Å². The third kappa shape index (κ3) is 2.53. The van der Waals surface area contributed by atoms with Crippen LogP contribution in [0.1, 0.15) is 39.5 Å². The number of hydrogen-bond donors (Lipinski definition) is 1. The van der Waals surface area contributed by atoms with E-state index in [0.29, 0.717) is 5.92 Å². The molecule has 1 N–H and O–H groups in total. The molecule has 0 aliphatic heterocycles. The summed E-state index contributed by atoms with van der Waals surface area (Å²) in [5.74, 6) is 6.90. The third-order valence-electron chi connectivity index (χ3n) is 2.80. The molecular formula is C11H18O. The van der Waals surface area contributed by atoms with E-state index in [0.717, 1.165) is 18.8 Å². The molecule has 0 aromatic heterocycles. The molecule has 1 atom stereocenters. The molecule has 12 heavy (non-hydrogen) atoms. The van der Waals surface area contributed by atoms with Gasteiger partial charge in [0, 0.05) is 0 Å². The molecule has 0 radical (unpaired) electrons. The van der Waals surface area contributed by atoms with Crippen molar-refractivity contribution in [2.45, 2.75) is 45.6 Å². The Balaban J connectivity index is 2.37. The van der Waals surface area contributed by atoms with E-state index < -0.39 is 0 Å². The minimum Gasteiger partial charge on any atom is -0.380 e. The van der Waals surface area contributed by atoms with Crippen molar-refractivity contribution in [3.8, 4) is 11.8 Å². The average Bonchev–Trinajstić information content (AvgIpc) is 2.06. The highest BCUT2D eigenvalue weighted by Gasteiger charge is 2.22. The van der Waals surface area contributed by atoms with Gasteiger partial charge in [-0.25, -0.2) is 0 Å². The summed E-state index contributed by atoms with van der Waals surface area (Å²) >= 11 is 0. The van der Waals surface area contributed by atoms with Crippen LogP contribution < -0.4 is 0 Å². The van der Waals surface area contributed by atoms with Crippen LogP contribution in [0.2, 0.25) is 0 Å². The Kier molecular flexibility index (Phi) is 3.62. The van der Waals surface area contributed by atoms with E-state index >= 15 is 0 Å². The predicted molar refractivity (Wildman–Crippen MR) is 50.6 cm³/mol. The Morgan fingerprint density at radius 2 is 1.83 bits per heavy atom. The maximum absolute atomic E-state index is 9.59. The lowest BCUT2D eigenvalue weighted by Gasteiger charge is -2.27. The highest BCUT2D eigenvalue weighted by molar-refractivity contribution is 5.04. The Morgan fingerprint density at radius 3 is 2.33 bits per heavy atom. The van der Waals surface area contributed by atoms with Crippen molar-refractivity contribution < 1.29 is 5.11 Å². The molecule has 0 saturated heterocycles. The summed E-state index contributed by atoms with van der Waals surface area (Å²) in [6.45, 7) is 4.07. The summed E-state index contributed by atoms with van der Waals surface area (Å²) in [7, 11) is 0. The fraction of sp³-hybridized carbons (Fsp3) is 0.818. The summed E-state index contributed by atoms with van der Waals surface area (Å²) in [4.78, 5) is 0. The van der Waals surface area contributed by atoms with Crippen LogP contribution in [0.3, 0.4) is 0 Å². The van der Waals surface area contributed by atoms with Gasteiger partial charge in [0.05, 0.1) is 0 Å². The second kappa shape index (κ2) is 4.52. The van der Waals surface area contributed by atoms with Crippen LogP contribution in [0.5, 0.6) is 0 Å². The molecule has 0 aromatic carbocycles. The summed E-state index contributed by atoms with van der Waals surface area (Å²) < 4.78 is 0. The highest BCUT2D eigenvalue weighted by atomic mass is 16.3. The summed E-state index contributed by atoms with van der Waals surface area (Å²) in [5, 5.41) is 9.59. The zero-order valence-electron chi connectivity index (χ0n) is 8.01. The summed E-state index contributed by atoms with van der Waals surface area (Å²) in [6.07, 6.45) is 4.44. The first kappa shape index (κ1) is 9.61. The minimum absolute atomic E-state index is 0.373. The van der Waals surface area contributed by atoms with Crippen molar-refractivity contribution in [1.82, 2.24) is 0 Å². The van der Waals surface area contributed by atoms with Gasteiger partial charge in [0.2, 0.25) is 0 Å². The zero-order chi connectivity index (χ0) is 8.97. The molecule has 0 heterocycles. The molecule has 0 amide bonds. The van der Waals surface area contributed by atoms with Crippen LogP contribution in [-0.4, -0.2) is 11.2 Å². The Bertz CT molecular complexity index is 179. The zero-order valence-corrected chi connectivity index (χ0v) is 8.01. The molecule has 0 spiro atoms. The van der Waals surface area contributed by atoms with Gasteiger partial charge in [-0.3, -0.25) is 0 Å². The number of hydrogen-bond acceptors (Lipinski definition) is 1. The fourth-order valence-corrected chi connectivity index (χ4v) is 1.87. The van der Waals surface area contributed by atoms with E-state index in [-0.39, 0.29) is 6.10 Å². The maximum Gasteiger partial charge on any atom is 0.117 e. The first-order valence-electron chi connectivity index (χ1n) is 4.84. The maximum atomic E-state index is 9.59. The largest absolute Gasteiger partial charge is 0.380 e. The van der Waals surface area contributed by atoms with E-state index in [9.17, 15) is 5.11 Å². The van der Waals surface area contributed by atoms with Crippen molar-refractivity contribution in [3.63, 3.8) is 0 Å². The Labute approximate surface area is 75.2 Å². The van der Waals surface area contributed by atoms with Gasteiger partial charge in [-0.1, -0.05) is 25.7 Å². The van der Waals surface area contributed by atoms with Gasteiger partial charge >= 0.3 is 0 Å². The Morgan fingerprint density at radius 1 is 1.25 bits per heavy atom. The molecule has 0 bridgehead atoms. The van der Waals surface area contributed by atoms with E-state index in [4.69, 9.17) is 0 Å². The normalized spacial score (nSPS) is 31.9. The first-order chi connectivity index (χ1) is 5.74. The quantitative estimate of drug-likeness (QED) is 0.592. The third-order valence-corrected chi connectivity index (χ3v) is 2.80. The summed E-state index contributed by atoms with van der Waals surface area (Å²) in [6, 6.07) is 0. The molecule has 1 rings (SSSR count). The van der Waals surface area contributed by atoms with Gasteiger partial charge in [0.1, 0.15) is 6.10 Å². The van der Waals surface area contributed by atoms with Gasteiger partial charge in [0.15, 0.2) is 0 Å². The lowest BCUT2D eigenvalue weighted by atomic mass is 9.80. The predicted octanol–water partition coefficient (Wildman–Crippen LogP) is 2.20. The van der Waals surface area contributed by atoms with Crippen LogP contribution in [-0.2, 0) is 0 Å². The second-order valence-electron chi connectivity index (χ2n) is 3.86. The number of rotatable bonds is 1. The molecule has 1 aliphatic rings. The van der Waals surface area contributed by atoms with Crippen molar-refractivity contribution in [1.29, 1.82) is 0 Å². The molecular weight excluding hydrogens is 148 g/mol. The van der Waals surface area contributed by atoms with Crippen molar-refractivity contribution >= 4 is 0 Å². The number of aliphatic hydroxyl groups excluding tert-OH is 1. The molecule has 68 valence electrons. The molecule has 1 saturated carbocycles. The van der Waals surface area contributed by atoms with E-state index in [1.807, 2.05) is 0 Å². The molecule has 1 aliphatic carbocycles. The van der Waals surface area contributed by atoms with Crippen LogP contribution >= 0.6 is 0 Å². The highest BCUT2D eigenvalue weighted by Crippen LogP contribution is 2.30. The van der Waals surface area contributed by atoms with Crippen molar-refractivity contribution in [3.05, 3.63) is 0 Å². The standard InChI is InChI=1S/C11H18O/c1-3-4-11(12)10-7-5-9(2)6-8-10/h9-12H,5-8H2,1-2H3. The topological polar surface area (TPSA) is 20.2 Å². The first-order valence-corrected chi connectivity index (χ1v) is 4.84. The van der Waals surface area contributed by atoms with Crippen LogP contribution in [0.15, 0.2) is 0 Å². The van der Waals surface area contributed by atoms with Crippen molar-refractivity contribution in [2.24, 2.45) is 11.8 Å². The molecule has 1 fully saturated rings. The summed E-state index contributed by atoms with van der Waals surface area (Å²) in [5.41, 5.74) is 0. The SMILES string of the molecule is CC#CC(O)C1CCC(C)CC1. The lowest BCUT2D eigenvalue weighted by Crippen LogP contribution is -2.23. The molecule has 0 aromatic rings. The lowest BCUT2D eigenvalue weighted by molar-refractivity contribution is 0.120. The van der Waals surface area contributed by atoms with Gasteiger partial charge < -0.3 is 5.11 Å². The second-order valence-corrected chi connectivity index (χ2v) is 3.86. The van der Waals surface area contributed by atoms with Crippen LogP contribution in [0.25, 0.3) is 0 Å². The van der Waals surface area contributed by atoms with Gasteiger partial charge in [-0.2, -0.15) is 0 Å². The van der Waals surface area contributed by atoms with E-state index in [1.165, 1.54) is 12.8 Å². The van der Waals surface area contributed by atoms with Gasteiger partial charge in [-0.05, 0) is 31.6 Å². The molecule has 1 unspecified atom stereocenters. The van der Waals surface area contributed by atoms with E-state index in [1.54, 1.807) is 6.92 Å². The Hall–Kier alpha value is -0.480. The molecule has 1 heteroatoms. The smallest absolute Gasteiger partial charge is 0.117 e. The molecule has 1 nitrogen and oxygen atoms in total. The van der Waals surface area contributed by atoms with Crippen LogP contribution in [0, 0.1) is 23.7 Å². The van der Waals surface area contributed by atoms with Gasteiger partial charge in [-0.15, -0.1) is 5.92 Å². The van der Waals surface area contributed by atoms with Crippen molar-refractivity contribution in [2.75, 3.05) is 0 Å². The monoisotopic (exact) mass is 166 g/mol. The minimum atomic E-state index is -0.373. The van der Waals surface area contributed by atoms with E-state index in [2.05, 4.69) is 18.8 Å².